The van der Waals surface area contributed by atoms with E-state index in [4.69, 9.17) is 4.74 Å². The van der Waals surface area contributed by atoms with E-state index in [1.807, 2.05) is 0 Å². The molecule has 0 aliphatic heterocycles. The highest BCUT2D eigenvalue weighted by molar-refractivity contribution is 5.69. The fourth-order valence-electron chi connectivity index (χ4n) is 2.59. The van der Waals surface area contributed by atoms with Gasteiger partial charge in [0.25, 0.3) is 0 Å². The molecule has 3 nitrogen and oxygen atoms in total. The Morgan fingerprint density at radius 2 is 2.17 bits per heavy atom. The monoisotopic (exact) mass is 255 g/mol. The summed E-state index contributed by atoms with van der Waals surface area (Å²) >= 11 is 0. The number of nitrogens with one attached hydrogen (secondary N) is 1. The van der Waals surface area contributed by atoms with E-state index in [2.05, 4.69) is 26.1 Å². The molecular formula is C15H29NO2. The van der Waals surface area contributed by atoms with Crippen LogP contribution in [0, 0.1) is 5.92 Å². The number of carbonyl (C=O) groups is 1. The Morgan fingerprint density at radius 1 is 1.39 bits per heavy atom. The molecule has 0 radical (unpaired) electrons. The quantitative estimate of drug-likeness (QED) is 0.560. The summed E-state index contributed by atoms with van der Waals surface area (Å²) in [6, 6.07) is 0.490. The van der Waals surface area contributed by atoms with Gasteiger partial charge in [-0.2, -0.15) is 0 Å². The van der Waals surface area contributed by atoms with Crippen molar-refractivity contribution in [3.8, 4) is 0 Å². The van der Waals surface area contributed by atoms with Crippen molar-refractivity contribution in [2.45, 2.75) is 77.9 Å². The van der Waals surface area contributed by atoms with Crippen LogP contribution in [-0.4, -0.2) is 24.7 Å². The molecule has 1 fully saturated rings. The number of hydrogen-bond donors (Lipinski definition) is 1. The summed E-state index contributed by atoms with van der Waals surface area (Å²) in [6.45, 7) is 7.36. The van der Waals surface area contributed by atoms with Crippen LogP contribution in [0.15, 0.2) is 0 Å². The molecule has 0 aromatic rings. The second-order valence-electron chi connectivity index (χ2n) is 5.77. The third-order valence-electron chi connectivity index (χ3n) is 3.72. The molecular weight excluding hydrogens is 226 g/mol. The molecule has 0 bridgehead atoms. The SMILES string of the molecule is CCC1CCCC(OC(=O)CCCNC(C)C)C1. The lowest BCUT2D eigenvalue weighted by atomic mass is 9.85. The van der Waals surface area contributed by atoms with Crippen LogP contribution in [0.5, 0.6) is 0 Å². The zero-order chi connectivity index (χ0) is 13.4. The average Bonchev–Trinajstić information content (AvgIpc) is 2.34. The van der Waals surface area contributed by atoms with Gasteiger partial charge in [-0.1, -0.05) is 33.6 Å². The first-order chi connectivity index (χ1) is 8.61. The van der Waals surface area contributed by atoms with Crippen LogP contribution in [-0.2, 0) is 9.53 Å². The minimum Gasteiger partial charge on any atom is -0.462 e. The van der Waals surface area contributed by atoms with Crippen molar-refractivity contribution in [3.05, 3.63) is 0 Å². The number of esters is 1. The number of hydrogen-bond acceptors (Lipinski definition) is 3. The van der Waals surface area contributed by atoms with E-state index in [1.165, 1.54) is 19.3 Å². The average molecular weight is 255 g/mol. The van der Waals surface area contributed by atoms with Gasteiger partial charge in [0, 0.05) is 12.5 Å². The lowest BCUT2D eigenvalue weighted by Gasteiger charge is -2.28. The number of carbonyl (C=O) groups excluding carboxylic acids is 1. The molecule has 1 N–H and O–H groups in total. The Bertz CT molecular complexity index is 241. The van der Waals surface area contributed by atoms with Crippen LogP contribution in [0.3, 0.4) is 0 Å². The number of rotatable bonds is 7. The maximum atomic E-state index is 11.7. The van der Waals surface area contributed by atoms with E-state index in [1.54, 1.807) is 0 Å². The van der Waals surface area contributed by atoms with Crippen LogP contribution in [0.25, 0.3) is 0 Å². The summed E-state index contributed by atoms with van der Waals surface area (Å²) < 4.78 is 5.56. The molecule has 106 valence electrons. The summed E-state index contributed by atoms with van der Waals surface area (Å²) in [5.74, 6) is 0.751. The third kappa shape index (κ3) is 6.39. The van der Waals surface area contributed by atoms with Gasteiger partial charge >= 0.3 is 5.97 Å². The molecule has 18 heavy (non-hydrogen) atoms. The van der Waals surface area contributed by atoms with Gasteiger partial charge in [0.05, 0.1) is 0 Å². The Morgan fingerprint density at radius 3 is 2.83 bits per heavy atom. The zero-order valence-electron chi connectivity index (χ0n) is 12.2. The lowest BCUT2D eigenvalue weighted by Crippen LogP contribution is -2.27. The minimum atomic E-state index is -0.0118. The van der Waals surface area contributed by atoms with Crippen molar-refractivity contribution >= 4 is 5.97 Å². The molecule has 3 heteroatoms. The van der Waals surface area contributed by atoms with Crippen molar-refractivity contribution in [1.29, 1.82) is 0 Å². The predicted molar refractivity (Wildman–Crippen MR) is 74.5 cm³/mol. The van der Waals surface area contributed by atoms with Gasteiger partial charge < -0.3 is 10.1 Å². The van der Waals surface area contributed by atoms with Gasteiger partial charge in [-0.05, 0) is 38.1 Å². The largest absolute Gasteiger partial charge is 0.462 e. The maximum absolute atomic E-state index is 11.7. The van der Waals surface area contributed by atoms with E-state index in [9.17, 15) is 4.79 Å². The molecule has 0 amide bonds. The fraction of sp³-hybridized carbons (Fsp3) is 0.933. The van der Waals surface area contributed by atoms with Crippen LogP contribution >= 0.6 is 0 Å². The molecule has 2 unspecified atom stereocenters. The molecule has 0 spiro atoms. The summed E-state index contributed by atoms with van der Waals surface area (Å²) in [5.41, 5.74) is 0. The van der Waals surface area contributed by atoms with E-state index in [-0.39, 0.29) is 12.1 Å². The van der Waals surface area contributed by atoms with Gasteiger partial charge in [-0.25, -0.2) is 0 Å². The Kier molecular flexibility index (Phi) is 7.33. The Labute approximate surface area is 112 Å². The molecule has 0 saturated heterocycles. The first-order valence-corrected chi connectivity index (χ1v) is 7.54. The molecule has 1 rings (SSSR count). The van der Waals surface area contributed by atoms with Crippen molar-refractivity contribution in [2.24, 2.45) is 5.92 Å². The van der Waals surface area contributed by atoms with Gasteiger partial charge in [0.15, 0.2) is 0 Å². The molecule has 1 aliphatic rings. The van der Waals surface area contributed by atoms with Crippen molar-refractivity contribution < 1.29 is 9.53 Å². The van der Waals surface area contributed by atoms with Gasteiger partial charge in [-0.15, -0.1) is 0 Å². The highest BCUT2D eigenvalue weighted by atomic mass is 16.5. The standard InChI is InChI=1S/C15H29NO2/c1-4-13-7-5-8-14(11-13)18-15(17)9-6-10-16-12(2)3/h12-14,16H,4-11H2,1-3H3. The first-order valence-electron chi connectivity index (χ1n) is 7.54. The van der Waals surface area contributed by atoms with E-state index in [0.717, 1.165) is 31.7 Å². The third-order valence-corrected chi connectivity index (χ3v) is 3.72. The highest BCUT2D eigenvalue weighted by Gasteiger charge is 2.23. The van der Waals surface area contributed by atoms with Crippen molar-refractivity contribution in [2.75, 3.05) is 6.54 Å². The highest BCUT2D eigenvalue weighted by Crippen LogP contribution is 2.28. The van der Waals surface area contributed by atoms with Crippen molar-refractivity contribution in [1.82, 2.24) is 5.32 Å². The normalized spacial score (nSPS) is 24.2. The Balaban J connectivity index is 2.11. The Hall–Kier alpha value is -0.570. The molecule has 1 saturated carbocycles. The minimum absolute atomic E-state index is 0.0118. The smallest absolute Gasteiger partial charge is 0.306 e. The van der Waals surface area contributed by atoms with Crippen LogP contribution in [0.2, 0.25) is 0 Å². The lowest BCUT2D eigenvalue weighted by molar-refractivity contribution is -0.151. The molecule has 0 aromatic heterocycles. The second kappa shape index (κ2) is 8.52. The van der Waals surface area contributed by atoms with Gasteiger partial charge in [-0.3, -0.25) is 4.79 Å². The summed E-state index contributed by atoms with van der Waals surface area (Å²) in [6.07, 6.45) is 7.49. The second-order valence-corrected chi connectivity index (χ2v) is 5.77. The van der Waals surface area contributed by atoms with E-state index in [0.29, 0.717) is 12.5 Å². The summed E-state index contributed by atoms with van der Waals surface area (Å²) in [4.78, 5) is 11.7. The predicted octanol–water partition coefficient (Wildman–Crippen LogP) is 3.28. The number of ether oxygens (including phenoxy) is 1. The molecule has 0 heterocycles. The van der Waals surface area contributed by atoms with Crippen LogP contribution < -0.4 is 5.32 Å². The van der Waals surface area contributed by atoms with Crippen LogP contribution in [0.1, 0.15) is 65.7 Å². The van der Waals surface area contributed by atoms with Gasteiger partial charge in [0.2, 0.25) is 0 Å². The summed E-state index contributed by atoms with van der Waals surface area (Å²) in [5, 5.41) is 3.31. The van der Waals surface area contributed by atoms with Crippen LogP contribution in [0.4, 0.5) is 0 Å². The topological polar surface area (TPSA) is 38.3 Å². The van der Waals surface area contributed by atoms with E-state index < -0.39 is 0 Å². The van der Waals surface area contributed by atoms with Gasteiger partial charge in [0.1, 0.15) is 6.10 Å². The van der Waals surface area contributed by atoms with Crippen molar-refractivity contribution in [3.63, 3.8) is 0 Å². The maximum Gasteiger partial charge on any atom is 0.306 e. The molecule has 2 atom stereocenters. The molecule has 1 aliphatic carbocycles. The summed E-state index contributed by atoms with van der Waals surface area (Å²) in [7, 11) is 0. The molecule has 0 aromatic carbocycles. The van der Waals surface area contributed by atoms with E-state index >= 15 is 0 Å². The fourth-order valence-corrected chi connectivity index (χ4v) is 2.59. The zero-order valence-corrected chi connectivity index (χ0v) is 12.2. The first kappa shape index (κ1) is 15.5.